The van der Waals surface area contributed by atoms with E-state index in [2.05, 4.69) is 77.7 Å². The van der Waals surface area contributed by atoms with Crippen molar-refractivity contribution in [2.24, 2.45) is 5.41 Å². The van der Waals surface area contributed by atoms with Gasteiger partial charge in [-0.25, -0.2) is 9.97 Å². The van der Waals surface area contributed by atoms with Crippen LogP contribution in [-0.4, -0.2) is 29.5 Å². The number of para-hydroxylation sites is 2. The van der Waals surface area contributed by atoms with E-state index < -0.39 is 0 Å². The minimum Gasteiger partial charge on any atom is -0.304 e. The molecule has 223 valence electrons. The van der Waals surface area contributed by atoms with E-state index in [-0.39, 0.29) is 36.4 Å². The smallest absolute Gasteiger partial charge is 0.239 e. The second-order valence-corrected chi connectivity index (χ2v) is 13.2. The summed E-state index contributed by atoms with van der Waals surface area (Å²) < 4.78 is 1.91. The first kappa shape index (κ1) is 30.0. The summed E-state index contributed by atoms with van der Waals surface area (Å²) in [5, 5.41) is 0. The van der Waals surface area contributed by atoms with Crippen LogP contribution >= 0.6 is 0 Å². The van der Waals surface area contributed by atoms with Crippen LogP contribution in [0, 0.1) is 18.4 Å². The summed E-state index contributed by atoms with van der Waals surface area (Å²) >= 11 is 0. The van der Waals surface area contributed by atoms with Crippen LogP contribution in [0.25, 0.3) is 51.0 Å². The van der Waals surface area contributed by atoms with Gasteiger partial charge in [-0.3, -0.25) is 4.57 Å². The van der Waals surface area contributed by atoms with Gasteiger partial charge >= 0.3 is 0 Å². The molecule has 1 aliphatic rings. The molecule has 7 heteroatoms. The van der Waals surface area contributed by atoms with Gasteiger partial charge in [0.2, 0.25) is 5.95 Å². The zero-order chi connectivity index (χ0) is 30.1. The number of hydrogen-bond acceptors (Lipinski definition) is 5. The third-order valence-electron chi connectivity index (χ3n) is 10.3. The minimum absolute atomic E-state index is 0. The van der Waals surface area contributed by atoms with E-state index in [0.29, 0.717) is 17.6 Å². The van der Waals surface area contributed by atoms with Gasteiger partial charge in [0.15, 0.2) is 11.6 Å². The SMILES string of the molecule is Cc1cc(-c2nc(-c3ccccc3)nc(-n3cnc4ccccc43)n2)cnc1-c1[c-]cc2c(c1)C(C)(C)C(C)(C)C2(C)C.[Ir]. The number of fused-ring (bicyclic) bond motifs is 2. The average molecular weight is 756 g/mol. The molecule has 0 fully saturated rings. The zero-order valence-corrected chi connectivity index (χ0v) is 28.5. The van der Waals surface area contributed by atoms with Gasteiger partial charge in [0.05, 0.1) is 11.0 Å². The largest absolute Gasteiger partial charge is 0.304 e. The third kappa shape index (κ3) is 4.44. The Morgan fingerprint density at radius 3 is 2.09 bits per heavy atom. The zero-order valence-electron chi connectivity index (χ0n) is 26.1. The normalized spacial score (nSPS) is 16.0. The van der Waals surface area contributed by atoms with E-state index >= 15 is 0 Å². The molecule has 44 heavy (non-hydrogen) atoms. The van der Waals surface area contributed by atoms with Crippen molar-refractivity contribution in [3.8, 4) is 40.0 Å². The summed E-state index contributed by atoms with van der Waals surface area (Å²) in [6.07, 6.45) is 3.63. The second-order valence-electron chi connectivity index (χ2n) is 13.2. The number of imidazole rings is 1. The van der Waals surface area contributed by atoms with Gasteiger partial charge in [0.1, 0.15) is 6.33 Å². The van der Waals surface area contributed by atoms with Crippen LogP contribution in [0.4, 0.5) is 0 Å². The van der Waals surface area contributed by atoms with Crippen molar-refractivity contribution in [3.63, 3.8) is 0 Å². The number of nitrogens with zero attached hydrogens (tertiary/aromatic N) is 6. The van der Waals surface area contributed by atoms with Crippen LogP contribution in [0.3, 0.4) is 0 Å². The molecule has 0 saturated heterocycles. The number of benzene rings is 3. The Morgan fingerprint density at radius 2 is 1.36 bits per heavy atom. The van der Waals surface area contributed by atoms with E-state index in [0.717, 1.165) is 39.0 Å². The minimum atomic E-state index is 0. The second kappa shape index (κ2) is 10.5. The fraction of sp³-hybridized carbons (Fsp3) is 0.270. The molecule has 0 aliphatic heterocycles. The molecular formula is C37H35IrN6-. The molecule has 0 spiro atoms. The molecule has 0 unspecified atom stereocenters. The van der Waals surface area contributed by atoms with Crippen LogP contribution in [0.5, 0.6) is 0 Å². The van der Waals surface area contributed by atoms with Crippen molar-refractivity contribution < 1.29 is 20.1 Å². The molecule has 0 amide bonds. The molecule has 0 saturated carbocycles. The Kier molecular flexibility index (Phi) is 7.18. The molecule has 7 rings (SSSR count). The Bertz CT molecular complexity index is 2020. The summed E-state index contributed by atoms with van der Waals surface area (Å²) in [4.78, 5) is 24.2. The summed E-state index contributed by atoms with van der Waals surface area (Å²) in [5.74, 6) is 1.67. The van der Waals surface area contributed by atoms with Crippen LogP contribution in [0.1, 0.15) is 58.2 Å². The number of pyridine rings is 1. The van der Waals surface area contributed by atoms with E-state index in [1.165, 1.54) is 11.1 Å². The van der Waals surface area contributed by atoms with Crippen LogP contribution in [-0.2, 0) is 30.9 Å². The molecule has 0 bridgehead atoms. The molecular weight excluding hydrogens is 721 g/mol. The van der Waals surface area contributed by atoms with Gasteiger partial charge in [-0.2, -0.15) is 9.97 Å². The summed E-state index contributed by atoms with van der Waals surface area (Å²) in [6, 6.07) is 28.1. The monoisotopic (exact) mass is 756 g/mol. The number of hydrogen-bond donors (Lipinski definition) is 0. The van der Waals surface area contributed by atoms with Crippen molar-refractivity contribution in [2.45, 2.75) is 59.3 Å². The van der Waals surface area contributed by atoms with Crippen molar-refractivity contribution in [3.05, 3.63) is 108 Å². The Hall–Kier alpha value is -4.06. The standard InChI is InChI=1S/C37H35N6.Ir/c1-23-19-26(21-38-31(23)25-17-18-27-28(20-25)36(4,5)37(6,7)35(27,2)3)33-40-32(24-13-9-8-10-14-24)41-34(42-33)43-22-39-29-15-11-12-16-30(29)43;/h8-16,18-22H,1-7H3;/q-1;. The van der Waals surface area contributed by atoms with Crippen molar-refractivity contribution in [2.75, 3.05) is 0 Å². The van der Waals surface area contributed by atoms with Crippen LogP contribution < -0.4 is 0 Å². The molecule has 1 aliphatic carbocycles. The predicted octanol–water partition coefficient (Wildman–Crippen LogP) is 8.31. The Balaban J connectivity index is 0.00000343. The first-order chi connectivity index (χ1) is 20.5. The summed E-state index contributed by atoms with van der Waals surface area (Å²) in [7, 11) is 0. The third-order valence-corrected chi connectivity index (χ3v) is 10.3. The number of aromatic nitrogens is 6. The van der Waals surface area contributed by atoms with Crippen LogP contribution in [0.2, 0.25) is 0 Å². The Morgan fingerprint density at radius 1 is 0.705 bits per heavy atom. The quantitative estimate of drug-likeness (QED) is 0.170. The average Bonchev–Trinajstić information content (AvgIpc) is 3.48. The maximum absolute atomic E-state index is 4.96. The fourth-order valence-corrected chi connectivity index (χ4v) is 6.53. The van der Waals surface area contributed by atoms with Gasteiger partial charge in [-0.05, 0) is 41.0 Å². The summed E-state index contributed by atoms with van der Waals surface area (Å²) in [5.41, 5.74) is 9.43. The molecule has 3 aromatic heterocycles. The fourth-order valence-electron chi connectivity index (χ4n) is 6.53. The number of aryl methyl sites for hydroxylation is 1. The Labute approximate surface area is 272 Å². The maximum atomic E-state index is 4.96. The van der Waals surface area contributed by atoms with Gasteiger partial charge < -0.3 is 4.98 Å². The van der Waals surface area contributed by atoms with Gasteiger partial charge in [0, 0.05) is 37.4 Å². The molecule has 3 heterocycles. The maximum Gasteiger partial charge on any atom is 0.239 e. The number of rotatable bonds is 4. The van der Waals surface area contributed by atoms with Gasteiger partial charge in [-0.1, -0.05) is 95.6 Å². The summed E-state index contributed by atoms with van der Waals surface area (Å²) in [6.45, 7) is 16.3. The molecule has 1 radical (unpaired) electrons. The van der Waals surface area contributed by atoms with E-state index in [4.69, 9.17) is 19.9 Å². The first-order valence-electron chi connectivity index (χ1n) is 14.8. The van der Waals surface area contributed by atoms with Gasteiger partial charge in [0.25, 0.3) is 0 Å². The van der Waals surface area contributed by atoms with Crippen LogP contribution in [0.15, 0.2) is 85.3 Å². The molecule has 0 N–H and O–H groups in total. The molecule has 3 aromatic carbocycles. The predicted molar refractivity (Wildman–Crippen MR) is 172 cm³/mol. The first-order valence-corrected chi connectivity index (χ1v) is 14.8. The van der Waals surface area contributed by atoms with Crippen molar-refractivity contribution in [1.82, 2.24) is 29.5 Å². The molecule has 0 atom stereocenters. The van der Waals surface area contributed by atoms with E-state index in [1.54, 1.807) is 6.33 Å². The van der Waals surface area contributed by atoms with Crippen molar-refractivity contribution in [1.29, 1.82) is 0 Å². The topological polar surface area (TPSA) is 69.4 Å². The van der Waals surface area contributed by atoms with E-state index in [9.17, 15) is 0 Å². The van der Waals surface area contributed by atoms with Crippen molar-refractivity contribution >= 4 is 11.0 Å². The van der Waals surface area contributed by atoms with E-state index in [1.807, 2.05) is 65.4 Å². The van der Waals surface area contributed by atoms with Gasteiger partial charge in [-0.15, -0.1) is 34.9 Å². The molecule has 6 nitrogen and oxygen atoms in total. The molecule has 6 aromatic rings.